The summed E-state index contributed by atoms with van der Waals surface area (Å²) < 4.78 is 39.3. The predicted molar refractivity (Wildman–Crippen MR) is 104 cm³/mol. The molecule has 1 amide bonds. The van der Waals surface area contributed by atoms with Crippen molar-refractivity contribution in [2.24, 2.45) is 0 Å². The van der Waals surface area contributed by atoms with Gasteiger partial charge in [0.1, 0.15) is 5.82 Å². The number of rotatable bonds is 5. The maximum atomic E-state index is 14.1. The normalized spacial score (nSPS) is 19.4. The van der Waals surface area contributed by atoms with E-state index in [1.54, 1.807) is 17.0 Å². The molecular weight excluding hydrogens is 365 g/mol. The smallest absolute Gasteiger partial charge is 0.222 e. The van der Waals surface area contributed by atoms with Crippen molar-refractivity contribution in [3.8, 4) is 0 Å². The van der Waals surface area contributed by atoms with Gasteiger partial charge >= 0.3 is 0 Å². The van der Waals surface area contributed by atoms with Gasteiger partial charge in [-0.1, -0.05) is 48.5 Å². The van der Waals surface area contributed by atoms with Gasteiger partial charge in [0.2, 0.25) is 5.91 Å². The molecule has 4 nitrogen and oxygen atoms in total. The molecule has 1 aliphatic rings. The lowest BCUT2D eigenvalue weighted by molar-refractivity contribution is -0.131. The molecular formula is C21H24FNO3S. The van der Waals surface area contributed by atoms with Crippen LogP contribution in [0.3, 0.4) is 0 Å². The first-order valence-electron chi connectivity index (χ1n) is 9.25. The van der Waals surface area contributed by atoms with Gasteiger partial charge in [-0.3, -0.25) is 4.79 Å². The maximum Gasteiger partial charge on any atom is 0.222 e. The fraction of sp³-hybridized carbons (Fsp3) is 0.381. The highest BCUT2D eigenvalue weighted by atomic mass is 32.2. The Bertz CT molecular complexity index is 883. The molecule has 0 aromatic heterocycles. The zero-order chi connectivity index (χ0) is 19.3. The molecule has 0 N–H and O–H groups in total. The molecule has 0 aliphatic carbocycles. The Labute approximate surface area is 159 Å². The minimum Gasteiger partial charge on any atom is -0.342 e. The highest BCUT2D eigenvalue weighted by Crippen LogP contribution is 2.31. The molecule has 0 saturated carbocycles. The summed E-state index contributed by atoms with van der Waals surface area (Å²) >= 11 is 0. The van der Waals surface area contributed by atoms with Crippen LogP contribution in [-0.2, 0) is 21.1 Å². The highest BCUT2D eigenvalue weighted by molar-refractivity contribution is 7.91. The van der Waals surface area contributed by atoms with Crippen LogP contribution in [0.2, 0.25) is 0 Å². The van der Waals surface area contributed by atoms with Crippen molar-refractivity contribution in [1.82, 2.24) is 4.90 Å². The van der Waals surface area contributed by atoms with Gasteiger partial charge in [0, 0.05) is 25.1 Å². The van der Waals surface area contributed by atoms with E-state index in [9.17, 15) is 17.6 Å². The van der Waals surface area contributed by atoms with E-state index in [1.807, 2.05) is 30.3 Å². The van der Waals surface area contributed by atoms with Crippen LogP contribution in [0.15, 0.2) is 54.6 Å². The van der Waals surface area contributed by atoms with Crippen LogP contribution in [0.25, 0.3) is 0 Å². The van der Waals surface area contributed by atoms with Crippen molar-refractivity contribution in [2.75, 3.05) is 18.8 Å². The SMILES string of the molecule is O=C(CCCc1ccccc1)N1CCC(c2ccccc2F)S(=O)(=O)CC1. The average Bonchev–Trinajstić information content (AvgIpc) is 2.81. The molecule has 144 valence electrons. The van der Waals surface area contributed by atoms with Crippen molar-refractivity contribution in [3.05, 3.63) is 71.5 Å². The monoisotopic (exact) mass is 389 g/mol. The van der Waals surface area contributed by atoms with Crippen LogP contribution in [-0.4, -0.2) is 38.1 Å². The van der Waals surface area contributed by atoms with Crippen LogP contribution in [0, 0.1) is 5.82 Å². The third kappa shape index (κ3) is 4.95. The summed E-state index contributed by atoms with van der Waals surface area (Å²) in [6, 6.07) is 16.0. The van der Waals surface area contributed by atoms with Crippen LogP contribution < -0.4 is 0 Å². The van der Waals surface area contributed by atoms with Crippen molar-refractivity contribution >= 4 is 15.7 Å². The molecule has 27 heavy (non-hydrogen) atoms. The van der Waals surface area contributed by atoms with E-state index in [2.05, 4.69) is 0 Å². The summed E-state index contributed by atoms with van der Waals surface area (Å²) in [5.74, 6) is -0.666. The second-order valence-corrected chi connectivity index (χ2v) is 9.19. The first-order valence-corrected chi connectivity index (χ1v) is 11.0. The van der Waals surface area contributed by atoms with Crippen molar-refractivity contribution in [3.63, 3.8) is 0 Å². The number of carbonyl (C=O) groups is 1. The fourth-order valence-corrected chi connectivity index (χ4v) is 5.33. The minimum absolute atomic E-state index is 0.0321. The Morgan fingerprint density at radius 2 is 1.74 bits per heavy atom. The second-order valence-electron chi connectivity index (χ2n) is 6.89. The summed E-state index contributed by atoms with van der Waals surface area (Å²) in [5.41, 5.74) is 1.39. The molecule has 2 aromatic rings. The number of aryl methyl sites for hydroxylation is 1. The van der Waals surface area contributed by atoms with Gasteiger partial charge in [-0.15, -0.1) is 0 Å². The summed E-state index contributed by atoms with van der Waals surface area (Å²) in [4.78, 5) is 14.1. The molecule has 0 spiro atoms. The summed E-state index contributed by atoms with van der Waals surface area (Å²) in [7, 11) is -3.50. The quantitative estimate of drug-likeness (QED) is 0.786. The zero-order valence-corrected chi connectivity index (χ0v) is 16.0. The summed E-state index contributed by atoms with van der Waals surface area (Å²) in [6.45, 7) is 0.514. The Hall–Kier alpha value is -2.21. The second kappa shape index (κ2) is 8.65. The van der Waals surface area contributed by atoms with Gasteiger partial charge in [0.05, 0.1) is 11.0 Å². The van der Waals surface area contributed by atoms with E-state index in [4.69, 9.17) is 0 Å². The van der Waals surface area contributed by atoms with E-state index in [0.29, 0.717) is 13.0 Å². The topological polar surface area (TPSA) is 54.5 Å². The number of carbonyl (C=O) groups excluding carboxylic acids is 1. The number of hydrogen-bond donors (Lipinski definition) is 0. The van der Waals surface area contributed by atoms with Crippen LogP contribution >= 0.6 is 0 Å². The molecule has 1 fully saturated rings. The van der Waals surface area contributed by atoms with Crippen LogP contribution in [0.4, 0.5) is 4.39 Å². The number of sulfone groups is 1. The van der Waals surface area contributed by atoms with Crippen LogP contribution in [0.5, 0.6) is 0 Å². The molecule has 1 saturated heterocycles. The third-order valence-electron chi connectivity index (χ3n) is 5.04. The van der Waals surface area contributed by atoms with Gasteiger partial charge < -0.3 is 4.90 Å². The Morgan fingerprint density at radius 1 is 1.04 bits per heavy atom. The molecule has 1 unspecified atom stereocenters. The largest absolute Gasteiger partial charge is 0.342 e. The standard InChI is InChI=1S/C21H24FNO3S/c22-19-11-5-4-10-18(19)20-13-14-23(15-16-27(20,25)26)21(24)12-6-9-17-7-2-1-3-8-17/h1-5,7-8,10-11,20H,6,9,12-16H2. The molecule has 0 bridgehead atoms. The van der Waals surface area contributed by atoms with E-state index in [0.717, 1.165) is 12.8 Å². The number of nitrogens with zero attached hydrogens (tertiary/aromatic N) is 1. The molecule has 0 radical (unpaired) electrons. The lowest BCUT2D eigenvalue weighted by Gasteiger charge is -2.20. The zero-order valence-electron chi connectivity index (χ0n) is 15.2. The molecule has 6 heteroatoms. The number of halogens is 1. The number of hydrogen-bond acceptors (Lipinski definition) is 3. The molecule has 3 rings (SSSR count). The fourth-order valence-electron chi connectivity index (χ4n) is 3.53. The molecule has 2 aromatic carbocycles. The van der Waals surface area contributed by atoms with Gasteiger partial charge in [-0.2, -0.15) is 0 Å². The predicted octanol–water partition coefficient (Wildman–Crippen LogP) is 3.54. The van der Waals surface area contributed by atoms with Gasteiger partial charge in [0.15, 0.2) is 9.84 Å². The first kappa shape index (κ1) is 19.5. The van der Waals surface area contributed by atoms with Gasteiger partial charge in [0.25, 0.3) is 0 Å². The summed E-state index contributed by atoms with van der Waals surface area (Å²) in [5, 5.41) is -0.888. The third-order valence-corrected chi connectivity index (χ3v) is 7.15. The van der Waals surface area contributed by atoms with Crippen molar-refractivity contribution in [2.45, 2.75) is 30.9 Å². The lowest BCUT2D eigenvalue weighted by atomic mass is 10.1. The van der Waals surface area contributed by atoms with E-state index < -0.39 is 20.9 Å². The van der Waals surface area contributed by atoms with Gasteiger partial charge in [-0.05, 0) is 30.9 Å². The molecule has 1 aliphatic heterocycles. The maximum absolute atomic E-state index is 14.1. The van der Waals surface area contributed by atoms with Crippen molar-refractivity contribution < 1.29 is 17.6 Å². The number of amides is 1. The summed E-state index contributed by atoms with van der Waals surface area (Å²) in [6.07, 6.45) is 2.16. The first-order chi connectivity index (χ1) is 13.0. The van der Waals surface area contributed by atoms with E-state index in [-0.39, 0.29) is 30.2 Å². The Balaban J connectivity index is 1.61. The molecule has 1 atom stereocenters. The van der Waals surface area contributed by atoms with E-state index in [1.165, 1.54) is 17.7 Å². The average molecular weight is 389 g/mol. The van der Waals surface area contributed by atoms with Crippen LogP contribution in [0.1, 0.15) is 35.6 Å². The highest BCUT2D eigenvalue weighted by Gasteiger charge is 2.33. The van der Waals surface area contributed by atoms with Gasteiger partial charge in [-0.25, -0.2) is 12.8 Å². The minimum atomic E-state index is -3.50. The Kier molecular flexibility index (Phi) is 6.26. The number of benzene rings is 2. The lowest BCUT2D eigenvalue weighted by Crippen LogP contribution is -2.33. The Morgan fingerprint density at radius 3 is 2.48 bits per heavy atom. The van der Waals surface area contributed by atoms with Crippen molar-refractivity contribution in [1.29, 1.82) is 0 Å². The van der Waals surface area contributed by atoms with E-state index >= 15 is 0 Å². The molecule has 1 heterocycles.